The van der Waals surface area contributed by atoms with Crippen molar-refractivity contribution >= 4 is 21.4 Å². The first-order valence-corrected chi connectivity index (χ1v) is 13.1. The van der Waals surface area contributed by atoms with Crippen LogP contribution in [0.1, 0.15) is 39.5 Å². The zero-order chi connectivity index (χ0) is 25.1. The van der Waals surface area contributed by atoms with Gasteiger partial charge in [-0.05, 0) is 31.0 Å². The van der Waals surface area contributed by atoms with Gasteiger partial charge in [0.15, 0.2) is 0 Å². The van der Waals surface area contributed by atoms with Crippen LogP contribution in [0.5, 0.6) is 5.75 Å². The predicted octanol–water partition coefficient (Wildman–Crippen LogP) is 2.64. The molecule has 2 aromatic rings. The van der Waals surface area contributed by atoms with Gasteiger partial charge in [0.25, 0.3) is 15.7 Å². The molecule has 0 radical (unpaired) electrons. The number of nitro benzene ring substituents is 1. The normalized spacial score (nSPS) is 12.5. The quantitative estimate of drug-likeness (QED) is 0.291. The third-order valence-electron chi connectivity index (χ3n) is 5.64. The van der Waals surface area contributed by atoms with Gasteiger partial charge in [0.05, 0.1) is 36.6 Å². The van der Waals surface area contributed by atoms with E-state index >= 15 is 0 Å². The molecule has 0 saturated carbocycles. The van der Waals surface area contributed by atoms with E-state index in [1.165, 1.54) is 42.3 Å². The van der Waals surface area contributed by atoms with Gasteiger partial charge < -0.3 is 14.7 Å². The van der Waals surface area contributed by atoms with Crippen LogP contribution in [-0.2, 0) is 10.0 Å². The molecule has 2 N–H and O–H groups in total. The van der Waals surface area contributed by atoms with Gasteiger partial charge in [-0.1, -0.05) is 44.9 Å². The Balaban J connectivity index is 2.46. The van der Waals surface area contributed by atoms with Crippen LogP contribution >= 0.6 is 0 Å². The highest BCUT2D eigenvalue weighted by atomic mass is 32.2. The summed E-state index contributed by atoms with van der Waals surface area (Å²) in [5.41, 5.74) is -0.250. The van der Waals surface area contributed by atoms with E-state index in [9.17, 15) is 23.6 Å². The van der Waals surface area contributed by atoms with Crippen LogP contribution in [0.2, 0.25) is 0 Å². The highest BCUT2D eigenvalue weighted by Gasteiger charge is 2.31. The van der Waals surface area contributed by atoms with Gasteiger partial charge in [0.1, 0.15) is 24.1 Å². The van der Waals surface area contributed by atoms with Crippen molar-refractivity contribution in [2.45, 2.75) is 50.5 Å². The van der Waals surface area contributed by atoms with Crippen molar-refractivity contribution in [1.82, 2.24) is 0 Å². The van der Waals surface area contributed by atoms with E-state index in [1.807, 2.05) is 0 Å². The molecule has 10 heteroatoms. The number of aliphatic hydroxyl groups excluding tert-OH is 1. The molecule has 0 fully saturated rings. The first kappa shape index (κ1) is 27.6. The zero-order valence-corrected chi connectivity index (χ0v) is 21.0. The summed E-state index contributed by atoms with van der Waals surface area (Å²) in [7, 11) is -2.76. The molecule has 0 spiro atoms. The number of quaternary nitrogens is 1. The number of hydrogen-bond donors (Lipinski definition) is 2. The minimum Gasteiger partial charge on any atom is -0.495 e. The lowest BCUT2D eigenvalue weighted by Crippen LogP contribution is -3.13. The molecular weight excluding hydrogens is 458 g/mol. The fraction of sp³-hybridized carbons (Fsp3) is 0.500. The number of sulfonamides is 1. The van der Waals surface area contributed by atoms with Crippen LogP contribution in [-0.4, -0.2) is 57.8 Å². The van der Waals surface area contributed by atoms with E-state index < -0.39 is 21.1 Å². The Bertz CT molecular complexity index is 1010. The fourth-order valence-corrected chi connectivity index (χ4v) is 5.33. The summed E-state index contributed by atoms with van der Waals surface area (Å²) >= 11 is 0. The van der Waals surface area contributed by atoms with Crippen molar-refractivity contribution in [3.63, 3.8) is 0 Å². The van der Waals surface area contributed by atoms with E-state index in [4.69, 9.17) is 4.74 Å². The molecule has 188 valence electrons. The standard InChI is InChI=1S/C24H35N3O6S/c1-4-6-15-25(16-7-5-2)18-21(28)19-26(34(31,32)22-11-9-8-10-12-22)23-17-20(27(29)30)13-14-24(23)33-3/h8-14,17,21,28H,4-7,15-16,18-19H2,1-3H3/p+1. The second-order valence-electron chi connectivity index (χ2n) is 8.28. The molecule has 1 unspecified atom stereocenters. The molecule has 0 aliphatic carbocycles. The van der Waals surface area contributed by atoms with Crippen molar-refractivity contribution in [2.24, 2.45) is 0 Å². The zero-order valence-electron chi connectivity index (χ0n) is 20.1. The fourth-order valence-electron chi connectivity index (χ4n) is 3.80. The van der Waals surface area contributed by atoms with Crippen LogP contribution in [0.4, 0.5) is 11.4 Å². The Morgan fingerprint density at radius 3 is 2.24 bits per heavy atom. The van der Waals surface area contributed by atoms with Gasteiger partial charge in [0, 0.05) is 12.1 Å². The van der Waals surface area contributed by atoms with Crippen molar-refractivity contribution in [1.29, 1.82) is 0 Å². The highest BCUT2D eigenvalue weighted by molar-refractivity contribution is 7.92. The molecule has 0 saturated heterocycles. The number of ether oxygens (including phenoxy) is 1. The van der Waals surface area contributed by atoms with Crippen LogP contribution in [0.3, 0.4) is 0 Å². The summed E-state index contributed by atoms with van der Waals surface area (Å²) in [4.78, 5) is 12.1. The average Bonchev–Trinajstić information content (AvgIpc) is 2.84. The molecule has 0 aliphatic rings. The molecule has 2 rings (SSSR count). The van der Waals surface area contributed by atoms with Crippen LogP contribution in [0.25, 0.3) is 0 Å². The maximum Gasteiger partial charge on any atom is 0.271 e. The van der Waals surface area contributed by atoms with Gasteiger partial charge in [0.2, 0.25) is 0 Å². The lowest BCUT2D eigenvalue weighted by atomic mass is 10.2. The smallest absolute Gasteiger partial charge is 0.271 e. The summed E-state index contributed by atoms with van der Waals surface area (Å²) in [6.07, 6.45) is 3.11. The van der Waals surface area contributed by atoms with E-state index in [1.54, 1.807) is 18.2 Å². The Hall–Kier alpha value is -2.69. The van der Waals surface area contributed by atoms with Crippen molar-refractivity contribution in [2.75, 3.05) is 37.6 Å². The van der Waals surface area contributed by atoms with E-state index in [0.717, 1.165) is 43.1 Å². The summed E-state index contributed by atoms with van der Waals surface area (Å²) in [5.74, 6) is 0.165. The number of nitrogens with one attached hydrogen (secondary N) is 1. The number of methoxy groups -OCH3 is 1. The molecular formula is C24H36N3O6S+. The van der Waals surface area contributed by atoms with Gasteiger partial charge in [-0.2, -0.15) is 0 Å². The number of non-ortho nitro benzene ring substituents is 1. The van der Waals surface area contributed by atoms with Crippen molar-refractivity contribution in [3.8, 4) is 5.75 Å². The number of aliphatic hydroxyl groups is 1. The summed E-state index contributed by atoms with van der Waals surface area (Å²) in [6, 6.07) is 11.6. The lowest BCUT2D eigenvalue weighted by Gasteiger charge is -2.29. The Morgan fingerprint density at radius 2 is 1.71 bits per heavy atom. The molecule has 2 aromatic carbocycles. The number of hydrogen-bond acceptors (Lipinski definition) is 6. The largest absolute Gasteiger partial charge is 0.495 e. The highest BCUT2D eigenvalue weighted by Crippen LogP contribution is 2.35. The number of rotatable bonds is 15. The summed E-state index contributed by atoms with van der Waals surface area (Å²) in [5, 5.41) is 22.4. The van der Waals surface area contributed by atoms with Gasteiger partial charge in [-0.15, -0.1) is 0 Å². The molecule has 0 bridgehead atoms. The summed E-state index contributed by atoms with van der Waals surface area (Å²) < 4.78 is 33.6. The molecule has 1 atom stereocenters. The number of unbranched alkanes of at least 4 members (excludes halogenated alkanes) is 2. The lowest BCUT2D eigenvalue weighted by molar-refractivity contribution is -0.903. The van der Waals surface area contributed by atoms with E-state index in [0.29, 0.717) is 6.54 Å². The topological polar surface area (TPSA) is 114 Å². The van der Waals surface area contributed by atoms with Crippen LogP contribution in [0, 0.1) is 10.1 Å². The van der Waals surface area contributed by atoms with Gasteiger partial charge in [-0.25, -0.2) is 8.42 Å². The second-order valence-corrected chi connectivity index (χ2v) is 10.1. The minimum atomic E-state index is -4.13. The number of nitrogens with zero attached hydrogens (tertiary/aromatic N) is 2. The van der Waals surface area contributed by atoms with E-state index in [-0.39, 0.29) is 28.6 Å². The molecule has 0 heterocycles. The predicted molar refractivity (Wildman–Crippen MR) is 132 cm³/mol. The van der Waals surface area contributed by atoms with Crippen molar-refractivity contribution < 1.29 is 28.1 Å². The number of anilines is 1. The van der Waals surface area contributed by atoms with Gasteiger partial charge in [-0.3, -0.25) is 14.4 Å². The third-order valence-corrected chi connectivity index (χ3v) is 7.44. The van der Waals surface area contributed by atoms with Crippen molar-refractivity contribution in [3.05, 3.63) is 58.6 Å². The SMILES string of the molecule is CCCC[NH+](CCCC)CC(O)CN(c1cc([N+](=O)[O-])ccc1OC)S(=O)(=O)c1ccccc1. The third kappa shape index (κ3) is 7.41. The Morgan fingerprint density at radius 1 is 1.09 bits per heavy atom. The molecule has 34 heavy (non-hydrogen) atoms. The monoisotopic (exact) mass is 494 g/mol. The average molecular weight is 495 g/mol. The maximum absolute atomic E-state index is 13.6. The number of benzene rings is 2. The molecule has 0 aliphatic heterocycles. The molecule has 0 aromatic heterocycles. The Labute approximate surface area is 202 Å². The molecule has 0 amide bonds. The Kier molecular flexibility index (Phi) is 10.7. The summed E-state index contributed by atoms with van der Waals surface area (Å²) in [6.45, 7) is 6.11. The second kappa shape index (κ2) is 13.3. The first-order valence-electron chi connectivity index (χ1n) is 11.7. The number of nitro groups is 1. The molecule has 9 nitrogen and oxygen atoms in total. The van der Waals surface area contributed by atoms with Crippen LogP contribution in [0.15, 0.2) is 53.4 Å². The van der Waals surface area contributed by atoms with Crippen LogP contribution < -0.4 is 13.9 Å². The minimum absolute atomic E-state index is 0.0169. The van der Waals surface area contributed by atoms with E-state index in [2.05, 4.69) is 13.8 Å². The van der Waals surface area contributed by atoms with Gasteiger partial charge >= 0.3 is 0 Å². The maximum atomic E-state index is 13.6. The first-order chi connectivity index (χ1) is 16.2.